The highest BCUT2D eigenvalue weighted by Crippen LogP contribution is 2.33. The van der Waals surface area contributed by atoms with Crippen LogP contribution in [0.3, 0.4) is 0 Å². The lowest BCUT2D eigenvalue weighted by Crippen LogP contribution is -2.47. The lowest BCUT2D eigenvalue weighted by molar-refractivity contribution is -0.126. The van der Waals surface area contributed by atoms with Gasteiger partial charge in [-0.3, -0.25) is 14.5 Å². The highest BCUT2D eigenvalue weighted by molar-refractivity contribution is 6.42. The molecule has 1 amide bonds. The number of rotatable bonds is 4. The molecule has 2 bridgehead atoms. The standard InChI is InChI=1S/C19H27N3O2/c1-20-9-3-6-17(20)18(23)19(24)22-12-15-7-8-16(13-22)21(11-15)10-14-4-2-5-14/h3,6,9,14-16H,2,4-5,7-8,10-13H2,1H3/t15-,16-/m1/s1. The summed E-state index contributed by atoms with van der Waals surface area (Å²) in [5.41, 5.74) is 0.489. The first-order chi connectivity index (χ1) is 11.6. The Labute approximate surface area is 143 Å². The smallest absolute Gasteiger partial charge is 0.296 e. The Morgan fingerprint density at radius 2 is 1.96 bits per heavy atom. The number of hydrogen-bond acceptors (Lipinski definition) is 3. The number of amides is 1. The predicted molar refractivity (Wildman–Crippen MR) is 91.7 cm³/mol. The minimum absolute atomic E-state index is 0.320. The van der Waals surface area contributed by atoms with Crippen molar-refractivity contribution in [2.45, 2.75) is 38.1 Å². The molecule has 5 heteroatoms. The average Bonchev–Trinajstić information content (AvgIpc) is 2.77. The van der Waals surface area contributed by atoms with Gasteiger partial charge in [0.25, 0.3) is 11.7 Å². The molecule has 1 aliphatic carbocycles. The van der Waals surface area contributed by atoms with Crippen molar-refractivity contribution >= 4 is 11.7 Å². The summed E-state index contributed by atoms with van der Waals surface area (Å²) in [6.45, 7) is 3.75. The molecule has 0 radical (unpaired) electrons. The van der Waals surface area contributed by atoms with E-state index in [-0.39, 0.29) is 11.7 Å². The number of piperidine rings is 1. The van der Waals surface area contributed by atoms with E-state index in [9.17, 15) is 9.59 Å². The molecule has 4 heterocycles. The number of carbonyl (C=O) groups excluding carboxylic acids is 2. The van der Waals surface area contributed by atoms with Crippen LogP contribution in [-0.2, 0) is 11.8 Å². The fraction of sp³-hybridized carbons (Fsp3) is 0.684. The summed E-state index contributed by atoms with van der Waals surface area (Å²) in [6.07, 6.45) is 8.27. The van der Waals surface area contributed by atoms with Crippen LogP contribution in [0, 0.1) is 11.8 Å². The maximum Gasteiger partial charge on any atom is 0.296 e. The van der Waals surface area contributed by atoms with Gasteiger partial charge in [-0.1, -0.05) is 6.42 Å². The normalized spacial score (nSPS) is 27.8. The topological polar surface area (TPSA) is 45.6 Å². The van der Waals surface area contributed by atoms with Crippen LogP contribution in [0.5, 0.6) is 0 Å². The van der Waals surface area contributed by atoms with Gasteiger partial charge in [-0.2, -0.15) is 0 Å². The summed E-state index contributed by atoms with van der Waals surface area (Å²) < 4.78 is 1.73. The molecule has 24 heavy (non-hydrogen) atoms. The summed E-state index contributed by atoms with van der Waals surface area (Å²) in [4.78, 5) is 29.8. The third kappa shape index (κ3) is 2.90. The highest BCUT2D eigenvalue weighted by atomic mass is 16.2. The number of aryl methyl sites for hydroxylation is 1. The zero-order valence-corrected chi connectivity index (χ0v) is 14.5. The Morgan fingerprint density at radius 3 is 2.62 bits per heavy atom. The number of carbonyl (C=O) groups is 2. The van der Waals surface area contributed by atoms with Gasteiger partial charge in [0.15, 0.2) is 0 Å². The highest BCUT2D eigenvalue weighted by Gasteiger charge is 2.39. The van der Waals surface area contributed by atoms with E-state index in [1.807, 2.05) is 24.2 Å². The summed E-state index contributed by atoms with van der Waals surface area (Å²) in [7, 11) is 1.81. The Kier molecular flexibility index (Phi) is 4.21. The quantitative estimate of drug-likeness (QED) is 0.626. The number of fused-ring (bicyclic) bond motifs is 4. The van der Waals surface area contributed by atoms with Crippen LogP contribution >= 0.6 is 0 Å². The molecule has 1 saturated carbocycles. The number of aromatic nitrogens is 1. The predicted octanol–water partition coefficient (Wildman–Crippen LogP) is 1.93. The van der Waals surface area contributed by atoms with E-state index in [1.54, 1.807) is 10.6 Å². The molecule has 0 N–H and O–H groups in total. The zero-order valence-electron chi connectivity index (χ0n) is 14.5. The van der Waals surface area contributed by atoms with Gasteiger partial charge < -0.3 is 9.47 Å². The fourth-order valence-corrected chi connectivity index (χ4v) is 4.53. The third-order valence-corrected chi connectivity index (χ3v) is 6.20. The lowest BCUT2D eigenvalue weighted by atomic mass is 9.83. The third-order valence-electron chi connectivity index (χ3n) is 6.20. The molecular formula is C19H27N3O2. The summed E-state index contributed by atoms with van der Waals surface area (Å²) in [5.74, 6) is 0.695. The van der Waals surface area contributed by atoms with Gasteiger partial charge in [-0.25, -0.2) is 0 Å². The largest absolute Gasteiger partial charge is 0.348 e. The summed E-state index contributed by atoms with van der Waals surface area (Å²) >= 11 is 0. The Hall–Kier alpha value is -1.62. The molecule has 3 aliphatic heterocycles. The second kappa shape index (κ2) is 6.36. The monoisotopic (exact) mass is 329 g/mol. The maximum absolute atomic E-state index is 12.8. The number of hydrogen-bond donors (Lipinski definition) is 0. The Bertz CT molecular complexity index is 634. The molecule has 5 nitrogen and oxygen atoms in total. The summed E-state index contributed by atoms with van der Waals surface area (Å²) in [6, 6.07) is 3.98. The van der Waals surface area contributed by atoms with Gasteiger partial charge in [0.1, 0.15) is 0 Å². The van der Waals surface area contributed by atoms with E-state index < -0.39 is 0 Å². The minimum atomic E-state index is -0.366. The van der Waals surface area contributed by atoms with Crippen molar-refractivity contribution in [2.75, 3.05) is 26.2 Å². The van der Waals surface area contributed by atoms with Crippen molar-refractivity contribution in [1.29, 1.82) is 0 Å². The molecule has 5 rings (SSSR count). The molecule has 0 spiro atoms. The first-order valence-electron chi connectivity index (χ1n) is 9.31. The molecule has 0 aromatic carbocycles. The van der Waals surface area contributed by atoms with E-state index in [1.165, 1.54) is 38.6 Å². The first-order valence-corrected chi connectivity index (χ1v) is 9.31. The van der Waals surface area contributed by atoms with E-state index >= 15 is 0 Å². The molecule has 4 aliphatic rings. The van der Waals surface area contributed by atoms with E-state index in [0.29, 0.717) is 17.7 Å². The number of Topliss-reactive ketones (excluding diaryl/α,β-unsaturated/α-hetero) is 1. The van der Waals surface area contributed by atoms with Crippen LogP contribution in [0.1, 0.15) is 42.6 Å². The fourth-order valence-electron chi connectivity index (χ4n) is 4.53. The van der Waals surface area contributed by atoms with Gasteiger partial charge in [0.05, 0.1) is 5.69 Å². The molecule has 1 aromatic heterocycles. The van der Waals surface area contributed by atoms with Gasteiger partial charge in [-0.15, -0.1) is 0 Å². The molecular weight excluding hydrogens is 302 g/mol. The van der Waals surface area contributed by atoms with Crippen molar-refractivity contribution in [1.82, 2.24) is 14.4 Å². The van der Waals surface area contributed by atoms with E-state index in [4.69, 9.17) is 0 Å². The van der Waals surface area contributed by atoms with Crippen LogP contribution in [0.15, 0.2) is 18.3 Å². The van der Waals surface area contributed by atoms with Gasteiger partial charge in [-0.05, 0) is 49.7 Å². The molecule has 0 unspecified atom stereocenters. The van der Waals surface area contributed by atoms with Gasteiger partial charge >= 0.3 is 0 Å². The SMILES string of the molecule is Cn1cccc1C(=O)C(=O)N1C[C@@H]2CC[C@H](C1)N(CC1CCC1)C2. The molecule has 4 fully saturated rings. The Balaban J connectivity index is 1.46. The van der Waals surface area contributed by atoms with Crippen LogP contribution in [0.2, 0.25) is 0 Å². The maximum atomic E-state index is 12.8. The van der Waals surface area contributed by atoms with Crippen LogP contribution < -0.4 is 0 Å². The molecule has 3 saturated heterocycles. The van der Waals surface area contributed by atoms with Gasteiger partial charge in [0.2, 0.25) is 0 Å². The molecule has 130 valence electrons. The molecule has 2 atom stereocenters. The zero-order chi connectivity index (χ0) is 16.7. The van der Waals surface area contributed by atoms with Crippen molar-refractivity contribution in [3.63, 3.8) is 0 Å². The lowest BCUT2D eigenvalue weighted by Gasteiger charge is -2.40. The van der Waals surface area contributed by atoms with Crippen molar-refractivity contribution in [2.24, 2.45) is 18.9 Å². The van der Waals surface area contributed by atoms with Crippen molar-refractivity contribution < 1.29 is 9.59 Å². The van der Waals surface area contributed by atoms with Crippen molar-refractivity contribution in [3.8, 4) is 0 Å². The summed E-state index contributed by atoms with van der Waals surface area (Å²) in [5, 5.41) is 0. The van der Waals surface area contributed by atoms with E-state index in [2.05, 4.69) is 4.90 Å². The van der Waals surface area contributed by atoms with Crippen LogP contribution in [0.25, 0.3) is 0 Å². The minimum Gasteiger partial charge on any atom is -0.348 e. The second-order valence-electron chi connectivity index (χ2n) is 7.89. The van der Waals surface area contributed by atoms with Crippen LogP contribution in [0.4, 0.5) is 0 Å². The molecule has 1 aromatic rings. The number of nitrogens with zero attached hydrogens (tertiary/aromatic N) is 3. The first kappa shape index (κ1) is 15.9. The van der Waals surface area contributed by atoms with Gasteiger partial charge in [0, 0.05) is 45.5 Å². The van der Waals surface area contributed by atoms with Crippen molar-refractivity contribution in [3.05, 3.63) is 24.0 Å². The average molecular weight is 329 g/mol. The van der Waals surface area contributed by atoms with Crippen LogP contribution in [-0.4, -0.2) is 58.3 Å². The Morgan fingerprint density at radius 1 is 1.12 bits per heavy atom. The van der Waals surface area contributed by atoms with E-state index in [0.717, 1.165) is 25.6 Å². The second-order valence-corrected chi connectivity index (χ2v) is 7.89. The number of ketones is 1.